The fraction of sp³-hybridized carbons (Fsp3) is 0.441. The van der Waals surface area contributed by atoms with Crippen LogP contribution in [0.15, 0.2) is 66.7 Å². The highest BCUT2D eigenvalue weighted by Crippen LogP contribution is 2.10. The van der Waals surface area contributed by atoms with Gasteiger partial charge in [-0.3, -0.25) is 24.6 Å². The predicted octanol–water partition coefficient (Wildman–Crippen LogP) is 2.48. The molecule has 4 amide bonds. The first-order chi connectivity index (χ1) is 21.4. The van der Waals surface area contributed by atoms with Crippen LogP contribution in [0.25, 0.3) is 6.08 Å². The Morgan fingerprint density at radius 2 is 1.44 bits per heavy atom. The summed E-state index contributed by atoms with van der Waals surface area (Å²) in [6.07, 6.45) is 4.39. The number of nitrogens with two attached hydrogens (primary N) is 1. The van der Waals surface area contributed by atoms with Crippen molar-refractivity contribution < 1.29 is 19.2 Å². The quantitative estimate of drug-likeness (QED) is 0.0583. The van der Waals surface area contributed by atoms with Crippen molar-refractivity contribution in [1.82, 2.24) is 26.6 Å². The molecular formula is C34H49N7O4. The smallest absolute Gasteiger partial charge is 0.244 e. The van der Waals surface area contributed by atoms with Gasteiger partial charge in [0.05, 0.1) is 6.42 Å². The van der Waals surface area contributed by atoms with E-state index >= 15 is 0 Å². The Hall–Kier alpha value is -4.67. The van der Waals surface area contributed by atoms with Crippen LogP contribution in [0.5, 0.6) is 0 Å². The lowest BCUT2D eigenvalue weighted by Crippen LogP contribution is -2.57. The van der Waals surface area contributed by atoms with Crippen molar-refractivity contribution in [3.05, 3.63) is 77.9 Å². The second-order valence-electron chi connectivity index (χ2n) is 11.8. The number of rotatable bonds is 18. The minimum atomic E-state index is -0.894. The Bertz CT molecular complexity index is 1270. The van der Waals surface area contributed by atoms with E-state index < -0.39 is 18.0 Å². The molecule has 11 heteroatoms. The van der Waals surface area contributed by atoms with Gasteiger partial charge < -0.3 is 32.3 Å². The normalized spacial score (nSPS) is 13.1. The van der Waals surface area contributed by atoms with Crippen LogP contribution in [0.2, 0.25) is 0 Å². The maximum Gasteiger partial charge on any atom is 0.244 e. The number of benzene rings is 2. The molecule has 0 aliphatic rings. The Balaban J connectivity index is 2.07. The average Bonchev–Trinajstić information content (AvgIpc) is 2.99. The molecule has 244 valence electrons. The van der Waals surface area contributed by atoms with Crippen LogP contribution in [-0.2, 0) is 25.6 Å². The average molecular weight is 620 g/mol. The van der Waals surface area contributed by atoms with E-state index in [1.54, 1.807) is 6.08 Å². The molecule has 0 spiro atoms. The molecule has 0 unspecified atom stereocenters. The Morgan fingerprint density at radius 1 is 0.822 bits per heavy atom. The molecule has 0 fully saturated rings. The molecule has 0 saturated carbocycles. The first-order valence-corrected chi connectivity index (χ1v) is 15.5. The lowest BCUT2D eigenvalue weighted by molar-refractivity contribution is -0.132. The van der Waals surface area contributed by atoms with E-state index in [4.69, 9.17) is 11.1 Å². The van der Waals surface area contributed by atoms with Gasteiger partial charge in [0.25, 0.3) is 0 Å². The molecule has 0 heterocycles. The summed E-state index contributed by atoms with van der Waals surface area (Å²) in [5.74, 6) is -1.52. The summed E-state index contributed by atoms with van der Waals surface area (Å²) < 4.78 is 0. The van der Waals surface area contributed by atoms with E-state index in [9.17, 15) is 19.2 Å². The van der Waals surface area contributed by atoms with Crippen molar-refractivity contribution in [2.75, 3.05) is 13.1 Å². The van der Waals surface area contributed by atoms with E-state index in [0.717, 1.165) is 11.1 Å². The van der Waals surface area contributed by atoms with Gasteiger partial charge in [0.15, 0.2) is 5.96 Å². The summed E-state index contributed by atoms with van der Waals surface area (Å²) in [5, 5.41) is 21.6. The lowest BCUT2D eigenvalue weighted by atomic mass is 9.99. The highest BCUT2D eigenvalue weighted by Gasteiger charge is 2.29. The zero-order chi connectivity index (χ0) is 33.2. The van der Waals surface area contributed by atoms with Crippen LogP contribution in [0.3, 0.4) is 0 Å². The molecular weight excluding hydrogens is 570 g/mol. The number of nitrogens with one attached hydrogen (secondary N) is 6. The fourth-order valence-corrected chi connectivity index (χ4v) is 4.54. The van der Waals surface area contributed by atoms with Crippen LogP contribution < -0.4 is 32.3 Å². The van der Waals surface area contributed by atoms with Crippen molar-refractivity contribution >= 4 is 35.7 Å². The number of amides is 4. The summed E-state index contributed by atoms with van der Waals surface area (Å²) in [6.45, 7) is 8.37. The molecule has 8 N–H and O–H groups in total. The molecule has 0 aromatic heterocycles. The Kier molecular flexibility index (Phi) is 15.9. The number of carbonyl (C=O) groups excluding carboxylic acids is 4. The molecule has 0 aliphatic heterocycles. The second-order valence-corrected chi connectivity index (χ2v) is 11.8. The first-order valence-electron chi connectivity index (χ1n) is 15.5. The fourth-order valence-electron chi connectivity index (χ4n) is 4.54. The molecule has 0 bridgehead atoms. The third-order valence-corrected chi connectivity index (χ3v) is 7.04. The zero-order valence-electron chi connectivity index (χ0n) is 26.8. The summed E-state index contributed by atoms with van der Waals surface area (Å²) >= 11 is 0. The molecule has 0 aliphatic carbocycles. The predicted molar refractivity (Wildman–Crippen MR) is 178 cm³/mol. The molecule has 2 aromatic rings. The summed E-state index contributed by atoms with van der Waals surface area (Å²) in [6, 6.07) is 16.6. The van der Waals surface area contributed by atoms with Gasteiger partial charge in [0.2, 0.25) is 23.6 Å². The monoisotopic (exact) mass is 619 g/mol. The van der Waals surface area contributed by atoms with Crippen molar-refractivity contribution in [1.29, 1.82) is 5.41 Å². The third kappa shape index (κ3) is 15.1. The maximum atomic E-state index is 13.5. The first kappa shape index (κ1) is 36.5. The Morgan fingerprint density at radius 3 is 2.04 bits per heavy atom. The van der Waals surface area contributed by atoms with Gasteiger partial charge >= 0.3 is 0 Å². The standard InChI is InChI=1S/C34H49N7O4/c1-23(2)20-28(33(45)41-29(24(3)4)22-38-30(42)18-17-25-12-7-5-8-13-25)40-32(44)27(16-11-19-37-34(35)36)39-31(43)21-26-14-9-6-10-15-26/h5-10,12-15,17-18,23-24,27-29H,11,16,19-22H2,1-4H3,(H,38,42)(H,39,43)(H,40,44)(H,41,45)(H4,35,36,37)/b18-17+/t27-,28-,29+/m0/s1. The zero-order valence-corrected chi connectivity index (χ0v) is 26.8. The Labute approximate surface area is 266 Å². The van der Waals surface area contributed by atoms with Gasteiger partial charge in [-0.2, -0.15) is 0 Å². The van der Waals surface area contributed by atoms with Crippen LogP contribution in [0.4, 0.5) is 0 Å². The molecule has 0 radical (unpaired) electrons. The van der Waals surface area contributed by atoms with Gasteiger partial charge in [-0.25, -0.2) is 0 Å². The van der Waals surface area contributed by atoms with Crippen molar-refractivity contribution in [2.45, 2.75) is 71.5 Å². The van der Waals surface area contributed by atoms with Crippen molar-refractivity contribution in [3.63, 3.8) is 0 Å². The van der Waals surface area contributed by atoms with Crippen LogP contribution >= 0.6 is 0 Å². The van der Waals surface area contributed by atoms with Gasteiger partial charge in [-0.15, -0.1) is 0 Å². The molecule has 2 aromatic carbocycles. The van der Waals surface area contributed by atoms with E-state index in [1.807, 2.05) is 88.4 Å². The molecule has 2 rings (SSSR count). The van der Waals surface area contributed by atoms with Crippen LogP contribution in [0.1, 0.15) is 58.1 Å². The minimum Gasteiger partial charge on any atom is -0.370 e. The number of guanidine groups is 1. The highest BCUT2D eigenvalue weighted by atomic mass is 16.2. The minimum absolute atomic E-state index is 0.00144. The van der Waals surface area contributed by atoms with Gasteiger partial charge in [0, 0.05) is 25.2 Å². The van der Waals surface area contributed by atoms with Crippen LogP contribution in [-0.4, -0.2) is 60.8 Å². The number of hydrogen-bond acceptors (Lipinski definition) is 5. The molecule has 45 heavy (non-hydrogen) atoms. The van der Waals surface area contributed by atoms with E-state index in [-0.39, 0.29) is 60.9 Å². The van der Waals surface area contributed by atoms with Crippen molar-refractivity contribution in [2.24, 2.45) is 17.6 Å². The summed E-state index contributed by atoms with van der Waals surface area (Å²) in [7, 11) is 0. The number of hydrogen-bond donors (Lipinski definition) is 7. The highest BCUT2D eigenvalue weighted by molar-refractivity contribution is 5.93. The van der Waals surface area contributed by atoms with Gasteiger partial charge in [0.1, 0.15) is 12.1 Å². The topological polar surface area (TPSA) is 178 Å². The van der Waals surface area contributed by atoms with Crippen LogP contribution in [0, 0.1) is 17.2 Å². The SMILES string of the molecule is CC(C)C[C@H](NC(=O)[C@H](CCCNC(=N)N)NC(=O)Cc1ccccc1)C(=O)N[C@H](CNC(=O)/C=C/c1ccccc1)C(C)C. The van der Waals surface area contributed by atoms with E-state index in [0.29, 0.717) is 19.4 Å². The molecule has 0 saturated heterocycles. The lowest BCUT2D eigenvalue weighted by Gasteiger charge is -2.28. The maximum absolute atomic E-state index is 13.5. The van der Waals surface area contributed by atoms with E-state index in [2.05, 4.69) is 26.6 Å². The van der Waals surface area contributed by atoms with Crippen molar-refractivity contribution in [3.8, 4) is 0 Å². The summed E-state index contributed by atoms with van der Waals surface area (Å²) in [4.78, 5) is 52.4. The molecule has 11 nitrogen and oxygen atoms in total. The molecule has 3 atom stereocenters. The number of carbonyl (C=O) groups is 4. The van der Waals surface area contributed by atoms with E-state index in [1.165, 1.54) is 6.08 Å². The third-order valence-electron chi connectivity index (χ3n) is 7.04. The van der Waals surface area contributed by atoms with Gasteiger partial charge in [-0.1, -0.05) is 88.4 Å². The second kappa shape index (κ2) is 19.6. The van der Waals surface area contributed by atoms with Gasteiger partial charge in [-0.05, 0) is 48.3 Å². The summed E-state index contributed by atoms with van der Waals surface area (Å²) in [5.41, 5.74) is 7.08. The largest absolute Gasteiger partial charge is 0.370 e.